The molecule has 2 aromatic rings. The Hall–Kier alpha value is -3.75. The van der Waals surface area contributed by atoms with Crippen molar-refractivity contribution in [1.29, 1.82) is 0 Å². The minimum absolute atomic E-state index is 0.0644. The number of imide groups is 1. The molecule has 1 unspecified atom stereocenters. The fraction of sp³-hybridized carbons (Fsp3) is 0.211. The van der Waals surface area contributed by atoms with E-state index in [2.05, 4.69) is 10.6 Å². The van der Waals surface area contributed by atoms with Crippen LogP contribution in [0, 0.1) is 17.0 Å². The average molecular weight is 385 g/mol. The molecule has 0 bridgehead atoms. The van der Waals surface area contributed by atoms with Gasteiger partial charge in [0.1, 0.15) is 0 Å². The molecule has 9 heteroatoms. The zero-order valence-corrected chi connectivity index (χ0v) is 15.3. The van der Waals surface area contributed by atoms with Crippen molar-refractivity contribution in [2.45, 2.75) is 26.5 Å². The van der Waals surface area contributed by atoms with Gasteiger partial charge in [-0.3, -0.25) is 20.2 Å². The molecule has 0 saturated heterocycles. The van der Waals surface area contributed by atoms with Crippen LogP contribution in [0.1, 0.15) is 28.4 Å². The van der Waals surface area contributed by atoms with Gasteiger partial charge >= 0.3 is 12.0 Å². The van der Waals surface area contributed by atoms with Crippen LogP contribution < -0.4 is 10.6 Å². The summed E-state index contributed by atoms with van der Waals surface area (Å²) in [5.41, 5.74) is 0.949. The van der Waals surface area contributed by atoms with Gasteiger partial charge in [0.15, 0.2) is 6.10 Å². The second-order valence-corrected chi connectivity index (χ2v) is 5.96. The third kappa shape index (κ3) is 5.63. The van der Waals surface area contributed by atoms with E-state index in [4.69, 9.17) is 4.74 Å². The molecule has 146 valence electrons. The first kappa shape index (κ1) is 20.6. The Kier molecular flexibility index (Phi) is 6.80. The van der Waals surface area contributed by atoms with Crippen LogP contribution >= 0.6 is 0 Å². The van der Waals surface area contributed by atoms with Gasteiger partial charge in [0.25, 0.3) is 11.6 Å². The molecular weight excluding hydrogens is 366 g/mol. The maximum Gasteiger partial charge on any atom is 0.339 e. The number of nitro groups is 1. The molecule has 2 aromatic carbocycles. The fourth-order valence-corrected chi connectivity index (χ4v) is 2.25. The average Bonchev–Trinajstić information content (AvgIpc) is 2.67. The monoisotopic (exact) mass is 385 g/mol. The topological polar surface area (TPSA) is 128 Å². The summed E-state index contributed by atoms with van der Waals surface area (Å²) in [5, 5.41) is 15.5. The van der Waals surface area contributed by atoms with E-state index in [1.54, 1.807) is 0 Å². The fourth-order valence-electron chi connectivity index (χ4n) is 2.25. The highest BCUT2D eigenvalue weighted by Crippen LogP contribution is 2.20. The van der Waals surface area contributed by atoms with Crippen molar-refractivity contribution >= 4 is 23.6 Å². The number of esters is 1. The quantitative estimate of drug-likeness (QED) is 0.447. The number of nitrogens with zero attached hydrogens (tertiary/aromatic N) is 1. The number of ether oxygens (including phenoxy) is 1. The summed E-state index contributed by atoms with van der Waals surface area (Å²) in [4.78, 5) is 46.3. The Bertz CT molecular complexity index is 898. The molecule has 28 heavy (non-hydrogen) atoms. The highest BCUT2D eigenvalue weighted by molar-refractivity contribution is 5.98. The summed E-state index contributed by atoms with van der Waals surface area (Å²) in [6.45, 7) is 3.05. The minimum atomic E-state index is -1.27. The van der Waals surface area contributed by atoms with Crippen molar-refractivity contribution in [2.24, 2.45) is 0 Å². The highest BCUT2D eigenvalue weighted by Gasteiger charge is 2.22. The summed E-state index contributed by atoms with van der Waals surface area (Å²) in [6.07, 6.45) is -1.27. The number of carbonyl (C=O) groups is 3. The first-order valence-corrected chi connectivity index (χ1v) is 8.36. The van der Waals surface area contributed by atoms with Crippen LogP contribution in [0.5, 0.6) is 0 Å². The van der Waals surface area contributed by atoms with Crippen molar-refractivity contribution in [3.8, 4) is 0 Å². The van der Waals surface area contributed by atoms with Crippen LogP contribution in [0.2, 0.25) is 0 Å². The Morgan fingerprint density at radius 3 is 2.46 bits per heavy atom. The van der Waals surface area contributed by atoms with Crippen LogP contribution in [0.25, 0.3) is 0 Å². The molecule has 0 heterocycles. The number of hydrogen-bond donors (Lipinski definition) is 2. The lowest BCUT2D eigenvalue weighted by molar-refractivity contribution is -0.385. The maximum absolute atomic E-state index is 12.1. The van der Waals surface area contributed by atoms with Crippen LogP contribution in [-0.2, 0) is 16.1 Å². The normalized spacial score (nSPS) is 11.2. The largest absolute Gasteiger partial charge is 0.449 e. The van der Waals surface area contributed by atoms with Gasteiger partial charge in [0.2, 0.25) is 0 Å². The van der Waals surface area contributed by atoms with E-state index < -0.39 is 28.9 Å². The summed E-state index contributed by atoms with van der Waals surface area (Å²) in [6, 6.07) is 12.2. The van der Waals surface area contributed by atoms with Crippen LogP contribution in [0.3, 0.4) is 0 Å². The highest BCUT2D eigenvalue weighted by atomic mass is 16.6. The van der Waals surface area contributed by atoms with Gasteiger partial charge in [0, 0.05) is 18.2 Å². The molecule has 0 fully saturated rings. The lowest BCUT2D eigenvalue weighted by atomic mass is 10.1. The molecule has 9 nitrogen and oxygen atoms in total. The van der Waals surface area contributed by atoms with E-state index in [0.717, 1.165) is 11.6 Å². The molecule has 0 aliphatic carbocycles. The lowest BCUT2D eigenvalue weighted by Gasteiger charge is -2.13. The van der Waals surface area contributed by atoms with Crippen molar-refractivity contribution in [3.63, 3.8) is 0 Å². The standard InChI is InChI=1S/C19H19N3O6/c1-12-8-9-15(10-16(12)22(26)27)18(24)28-13(2)17(23)21-19(25)20-11-14-6-4-3-5-7-14/h3-10,13H,11H2,1-2H3,(H2,20,21,23,25). The molecule has 0 saturated carbocycles. The predicted molar refractivity (Wildman–Crippen MR) is 99.5 cm³/mol. The molecule has 0 radical (unpaired) electrons. The number of nitrogens with one attached hydrogen (secondary N) is 2. The molecule has 0 spiro atoms. The molecule has 0 aliphatic heterocycles. The van der Waals surface area contributed by atoms with E-state index in [0.29, 0.717) is 5.56 Å². The van der Waals surface area contributed by atoms with Crippen LogP contribution in [-0.4, -0.2) is 28.9 Å². The first-order chi connectivity index (χ1) is 13.3. The Labute approximate surface area is 160 Å². The molecule has 2 rings (SSSR count). The SMILES string of the molecule is Cc1ccc(C(=O)OC(C)C(=O)NC(=O)NCc2ccccc2)cc1[N+](=O)[O-]. The van der Waals surface area contributed by atoms with E-state index in [9.17, 15) is 24.5 Å². The van der Waals surface area contributed by atoms with Crippen molar-refractivity contribution < 1.29 is 24.0 Å². The number of nitro benzene ring substituents is 1. The lowest BCUT2D eigenvalue weighted by Crippen LogP contribution is -2.44. The number of hydrogen-bond acceptors (Lipinski definition) is 6. The second-order valence-electron chi connectivity index (χ2n) is 5.96. The van der Waals surface area contributed by atoms with Gasteiger partial charge < -0.3 is 10.1 Å². The number of benzene rings is 2. The third-order valence-electron chi connectivity index (χ3n) is 3.83. The third-order valence-corrected chi connectivity index (χ3v) is 3.83. The number of aryl methyl sites for hydroxylation is 1. The van der Waals surface area contributed by atoms with Crippen LogP contribution in [0.15, 0.2) is 48.5 Å². The van der Waals surface area contributed by atoms with E-state index in [-0.39, 0.29) is 17.8 Å². The number of rotatable bonds is 6. The summed E-state index contributed by atoms with van der Waals surface area (Å²) >= 11 is 0. The van der Waals surface area contributed by atoms with Crippen molar-refractivity contribution in [3.05, 3.63) is 75.3 Å². The number of urea groups is 1. The summed E-state index contributed by atoms with van der Waals surface area (Å²) in [5.74, 6) is -1.73. The minimum Gasteiger partial charge on any atom is -0.449 e. The van der Waals surface area contributed by atoms with Crippen molar-refractivity contribution in [1.82, 2.24) is 10.6 Å². The Morgan fingerprint density at radius 1 is 1.14 bits per heavy atom. The van der Waals surface area contributed by atoms with Crippen molar-refractivity contribution in [2.75, 3.05) is 0 Å². The smallest absolute Gasteiger partial charge is 0.339 e. The predicted octanol–water partition coefficient (Wildman–Crippen LogP) is 2.47. The number of carbonyl (C=O) groups excluding carboxylic acids is 3. The van der Waals surface area contributed by atoms with Gasteiger partial charge in [0.05, 0.1) is 10.5 Å². The second kappa shape index (κ2) is 9.26. The molecule has 3 amide bonds. The molecule has 0 aromatic heterocycles. The van der Waals surface area contributed by atoms with Gasteiger partial charge in [-0.2, -0.15) is 0 Å². The van der Waals surface area contributed by atoms with Gasteiger partial charge in [-0.25, -0.2) is 9.59 Å². The van der Waals surface area contributed by atoms with Gasteiger partial charge in [-0.05, 0) is 25.5 Å². The first-order valence-electron chi connectivity index (χ1n) is 8.36. The molecular formula is C19H19N3O6. The molecule has 0 aliphatic rings. The summed E-state index contributed by atoms with van der Waals surface area (Å²) < 4.78 is 4.98. The Morgan fingerprint density at radius 2 is 1.82 bits per heavy atom. The maximum atomic E-state index is 12.1. The number of amides is 3. The molecule has 2 N–H and O–H groups in total. The zero-order valence-electron chi connectivity index (χ0n) is 15.3. The van der Waals surface area contributed by atoms with Gasteiger partial charge in [-0.1, -0.05) is 36.4 Å². The zero-order chi connectivity index (χ0) is 20.7. The van der Waals surface area contributed by atoms with E-state index in [1.807, 2.05) is 30.3 Å². The van der Waals surface area contributed by atoms with Crippen LogP contribution in [0.4, 0.5) is 10.5 Å². The van der Waals surface area contributed by atoms with Gasteiger partial charge in [-0.15, -0.1) is 0 Å². The van der Waals surface area contributed by atoms with E-state index >= 15 is 0 Å². The van der Waals surface area contributed by atoms with E-state index in [1.165, 1.54) is 26.0 Å². The summed E-state index contributed by atoms with van der Waals surface area (Å²) in [7, 11) is 0. The Balaban J connectivity index is 1.89. The molecule has 1 atom stereocenters.